The highest BCUT2D eigenvalue weighted by atomic mass is 16.5. The van der Waals surface area contributed by atoms with Gasteiger partial charge < -0.3 is 15.4 Å². The molecular weight excluding hydrogens is 294 g/mol. The molecule has 1 aliphatic heterocycles. The van der Waals surface area contributed by atoms with Gasteiger partial charge in [-0.2, -0.15) is 0 Å². The van der Waals surface area contributed by atoms with E-state index in [9.17, 15) is 9.59 Å². The first-order valence-electron chi connectivity index (χ1n) is 8.20. The first kappa shape index (κ1) is 17.3. The Morgan fingerprint density at radius 2 is 1.96 bits per heavy atom. The molecule has 126 valence electrons. The predicted molar refractivity (Wildman–Crippen MR) is 89.5 cm³/mol. The molecule has 2 rings (SSSR count). The van der Waals surface area contributed by atoms with E-state index in [2.05, 4.69) is 22.5 Å². The fraction of sp³-hybridized carbons (Fsp3) is 0.529. The van der Waals surface area contributed by atoms with Gasteiger partial charge in [0.05, 0.1) is 6.61 Å². The number of carbonyl (C=O) groups excluding carboxylic acids is 2. The highest BCUT2D eigenvalue weighted by molar-refractivity contribution is 6.39. The number of hydrogen-bond donors (Lipinski definition) is 2. The summed E-state index contributed by atoms with van der Waals surface area (Å²) in [4.78, 5) is 26.1. The van der Waals surface area contributed by atoms with Crippen LogP contribution in [0.4, 0.5) is 5.69 Å². The molecule has 1 fully saturated rings. The van der Waals surface area contributed by atoms with Gasteiger partial charge in [-0.15, -0.1) is 0 Å². The number of rotatable bonds is 6. The second kappa shape index (κ2) is 8.53. The van der Waals surface area contributed by atoms with Crippen LogP contribution >= 0.6 is 0 Å². The van der Waals surface area contributed by atoms with Crippen molar-refractivity contribution < 1.29 is 14.3 Å². The summed E-state index contributed by atoms with van der Waals surface area (Å²) in [6.45, 7) is 7.16. The molecular formula is C17H25N3O3. The van der Waals surface area contributed by atoms with Crippen LogP contribution in [0.15, 0.2) is 24.3 Å². The molecule has 23 heavy (non-hydrogen) atoms. The number of nitrogens with one attached hydrogen (secondary N) is 2. The van der Waals surface area contributed by atoms with Crippen molar-refractivity contribution >= 4 is 17.5 Å². The molecule has 1 atom stereocenters. The van der Waals surface area contributed by atoms with E-state index in [-0.39, 0.29) is 0 Å². The standard InChI is InChI=1S/C17H25N3O3/c1-3-20-11-5-6-14(20)12-18-16(21)17(22)19-13-7-9-15(10-8-13)23-4-2/h7-10,14H,3-6,11-12H2,1-2H3,(H,18,21)(H,19,22)/t14-/m1/s1. The van der Waals surface area contributed by atoms with E-state index in [0.29, 0.717) is 24.9 Å². The van der Waals surface area contributed by atoms with Crippen LogP contribution in [0.1, 0.15) is 26.7 Å². The molecule has 2 N–H and O–H groups in total. The maximum atomic E-state index is 11.9. The fourth-order valence-electron chi connectivity index (χ4n) is 2.82. The predicted octanol–water partition coefficient (Wildman–Crippen LogP) is 1.62. The number of amides is 2. The maximum absolute atomic E-state index is 11.9. The molecule has 0 aliphatic carbocycles. The van der Waals surface area contributed by atoms with Gasteiger partial charge in [-0.05, 0) is 57.1 Å². The Morgan fingerprint density at radius 3 is 2.61 bits per heavy atom. The first-order valence-corrected chi connectivity index (χ1v) is 8.20. The number of ether oxygens (including phenoxy) is 1. The lowest BCUT2D eigenvalue weighted by molar-refractivity contribution is -0.136. The summed E-state index contributed by atoms with van der Waals surface area (Å²) in [5.74, 6) is -0.507. The molecule has 0 spiro atoms. The van der Waals surface area contributed by atoms with Crippen molar-refractivity contribution in [1.29, 1.82) is 0 Å². The third kappa shape index (κ3) is 4.96. The van der Waals surface area contributed by atoms with Crippen LogP contribution in [0, 0.1) is 0 Å². The van der Waals surface area contributed by atoms with Crippen molar-refractivity contribution in [1.82, 2.24) is 10.2 Å². The Hall–Kier alpha value is -2.08. The molecule has 0 radical (unpaired) electrons. The van der Waals surface area contributed by atoms with Crippen LogP contribution < -0.4 is 15.4 Å². The van der Waals surface area contributed by atoms with E-state index in [0.717, 1.165) is 31.7 Å². The molecule has 6 nitrogen and oxygen atoms in total. The van der Waals surface area contributed by atoms with Gasteiger partial charge in [-0.25, -0.2) is 0 Å². The number of carbonyl (C=O) groups is 2. The summed E-state index contributed by atoms with van der Waals surface area (Å²) < 4.78 is 5.33. The molecule has 1 aromatic rings. The quantitative estimate of drug-likeness (QED) is 0.782. The van der Waals surface area contributed by atoms with E-state index >= 15 is 0 Å². The van der Waals surface area contributed by atoms with Gasteiger partial charge in [-0.3, -0.25) is 14.5 Å². The number of hydrogen-bond acceptors (Lipinski definition) is 4. The second-order valence-corrected chi connectivity index (χ2v) is 5.55. The summed E-state index contributed by atoms with van der Waals surface area (Å²) in [6.07, 6.45) is 2.21. The summed E-state index contributed by atoms with van der Waals surface area (Å²) >= 11 is 0. The summed E-state index contributed by atoms with van der Waals surface area (Å²) in [5.41, 5.74) is 0.574. The Balaban J connectivity index is 1.79. The number of likely N-dealkylation sites (tertiary alicyclic amines) is 1. The van der Waals surface area contributed by atoms with E-state index in [1.807, 2.05) is 6.92 Å². The van der Waals surface area contributed by atoms with Crippen LogP contribution in [-0.2, 0) is 9.59 Å². The molecule has 0 saturated carbocycles. The van der Waals surface area contributed by atoms with Crippen LogP contribution in [0.2, 0.25) is 0 Å². The number of nitrogens with zero attached hydrogens (tertiary/aromatic N) is 1. The first-order chi connectivity index (χ1) is 11.1. The Bertz CT molecular complexity index is 530. The zero-order valence-electron chi connectivity index (χ0n) is 13.8. The molecule has 2 amide bonds. The van der Waals surface area contributed by atoms with Gasteiger partial charge in [0.15, 0.2) is 0 Å². The Kier molecular flexibility index (Phi) is 6.40. The van der Waals surface area contributed by atoms with Gasteiger partial charge in [0.1, 0.15) is 5.75 Å². The highest BCUT2D eigenvalue weighted by Gasteiger charge is 2.24. The summed E-state index contributed by atoms with van der Waals surface area (Å²) in [7, 11) is 0. The van der Waals surface area contributed by atoms with Gasteiger partial charge in [0.25, 0.3) is 0 Å². The van der Waals surface area contributed by atoms with Crippen molar-refractivity contribution in [2.75, 3.05) is 31.6 Å². The summed E-state index contributed by atoms with van der Waals surface area (Å²) in [5, 5.41) is 5.31. The lowest BCUT2D eigenvalue weighted by Crippen LogP contribution is -2.43. The second-order valence-electron chi connectivity index (χ2n) is 5.55. The maximum Gasteiger partial charge on any atom is 0.313 e. The molecule has 0 aromatic heterocycles. The third-order valence-electron chi connectivity index (χ3n) is 4.03. The molecule has 6 heteroatoms. The topological polar surface area (TPSA) is 70.7 Å². The van der Waals surface area contributed by atoms with Crippen LogP contribution in [0.3, 0.4) is 0 Å². The molecule has 1 saturated heterocycles. The fourth-order valence-corrected chi connectivity index (χ4v) is 2.82. The highest BCUT2D eigenvalue weighted by Crippen LogP contribution is 2.16. The third-order valence-corrected chi connectivity index (χ3v) is 4.03. The van der Waals surface area contributed by atoms with Crippen molar-refractivity contribution in [3.05, 3.63) is 24.3 Å². The van der Waals surface area contributed by atoms with Crippen LogP contribution in [0.5, 0.6) is 5.75 Å². The molecule has 1 aromatic carbocycles. The van der Waals surface area contributed by atoms with Gasteiger partial charge in [-0.1, -0.05) is 6.92 Å². The Labute approximate surface area is 137 Å². The normalized spacial score (nSPS) is 17.7. The minimum absolute atomic E-state index is 0.335. The van der Waals surface area contributed by atoms with E-state index in [1.165, 1.54) is 0 Å². The van der Waals surface area contributed by atoms with E-state index < -0.39 is 11.8 Å². The van der Waals surface area contributed by atoms with Crippen LogP contribution in [-0.4, -0.2) is 49.0 Å². The van der Waals surface area contributed by atoms with Gasteiger partial charge >= 0.3 is 11.8 Å². The van der Waals surface area contributed by atoms with Gasteiger partial charge in [0.2, 0.25) is 0 Å². The minimum atomic E-state index is -0.643. The van der Waals surface area contributed by atoms with Crippen molar-refractivity contribution in [3.8, 4) is 5.75 Å². The molecule has 1 aliphatic rings. The number of benzene rings is 1. The van der Waals surface area contributed by atoms with Gasteiger partial charge in [0, 0.05) is 18.3 Å². The average Bonchev–Trinajstić information content (AvgIpc) is 3.02. The van der Waals surface area contributed by atoms with E-state index in [4.69, 9.17) is 4.74 Å². The van der Waals surface area contributed by atoms with Crippen molar-refractivity contribution in [3.63, 3.8) is 0 Å². The Morgan fingerprint density at radius 1 is 1.22 bits per heavy atom. The minimum Gasteiger partial charge on any atom is -0.494 e. The zero-order valence-corrected chi connectivity index (χ0v) is 13.8. The zero-order chi connectivity index (χ0) is 16.7. The average molecular weight is 319 g/mol. The van der Waals surface area contributed by atoms with Crippen molar-refractivity contribution in [2.24, 2.45) is 0 Å². The SMILES string of the molecule is CCOc1ccc(NC(=O)C(=O)NC[C@H]2CCCN2CC)cc1. The molecule has 0 unspecified atom stereocenters. The molecule has 1 heterocycles. The number of anilines is 1. The lowest BCUT2D eigenvalue weighted by atomic mass is 10.2. The monoisotopic (exact) mass is 319 g/mol. The summed E-state index contributed by atoms with van der Waals surface area (Å²) in [6, 6.07) is 7.28. The van der Waals surface area contributed by atoms with E-state index in [1.54, 1.807) is 24.3 Å². The van der Waals surface area contributed by atoms with Crippen LogP contribution in [0.25, 0.3) is 0 Å². The smallest absolute Gasteiger partial charge is 0.313 e. The lowest BCUT2D eigenvalue weighted by Gasteiger charge is -2.22. The largest absolute Gasteiger partial charge is 0.494 e. The molecule has 0 bridgehead atoms. The number of likely N-dealkylation sites (N-methyl/N-ethyl adjacent to an activating group) is 1. The van der Waals surface area contributed by atoms with Crippen molar-refractivity contribution in [2.45, 2.75) is 32.7 Å².